The Labute approximate surface area is 199 Å². The zero-order valence-corrected chi connectivity index (χ0v) is 19.9. The van der Waals surface area contributed by atoms with E-state index in [0.717, 1.165) is 68.4 Å². The van der Waals surface area contributed by atoms with Crippen LogP contribution in [0.3, 0.4) is 0 Å². The summed E-state index contributed by atoms with van der Waals surface area (Å²) >= 11 is 0. The Morgan fingerprint density at radius 3 is 2.53 bits per heavy atom. The van der Waals surface area contributed by atoms with Crippen molar-refractivity contribution in [2.24, 2.45) is 0 Å². The zero-order valence-electron chi connectivity index (χ0n) is 19.9. The second kappa shape index (κ2) is 9.66. The van der Waals surface area contributed by atoms with Crippen molar-refractivity contribution < 1.29 is 28.5 Å². The van der Waals surface area contributed by atoms with E-state index in [0.29, 0.717) is 29.5 Å². The first-order valence-corrected chi connectivity index (χ1v) is 11.6. The fourth-order valence-electron chi connectivity index (χ4n) is 4.64. The molecule has 1 saturated heterocycles. The van der Waals surface area contributed by atoms with Gasteiger partial charge in [0.05, 0.1) is 33.0 Å². The smallest absolute Gasteiger partial charge is 0.231 e. The van der Waals surface area contributed by atoms with Crippen molar-refractivity contribution in [1.29, 1.82) is 0 Å². The number of rotatable bonds is 6. The number of allylic oxidation sites excluding steroid dienone is 1. The Morgan fingerprint density at radius 2 is 1.76 bits per heavy atom. The van der Waals surface area contributed by atoms with Crippen molar-refractivity contribution in [3.05, 3.63) is 52.3 Å². The molecule has 3 heterocycles. The van der Waals surface area contributed by atoms with Crippen LogP contribution in [0.25, 0.3) is 6.08 Å². The van der Waals surface area contributed by atoms with Crippen molar-refractivity contribution in [3.63, 3.8) is 0 Å². The highest BCUT2D eigenvalue weighted by molar-refractivity contribution is 6.15. The predicted octanol–water partition coefficient (Wildman–Crippen LogP) is 3.11. The summed E-state index contributed by atoms with van der Waals surface area (Å²) in [5.74, 6) is 2.79. The number of hydrogen-bond acceptors (Lipinski definition) is 8. The third-order valence-corrected chi connectivity index (χ3v) is 6.54. The van der Waals surface area contributed by atoms with Crippen molar-refractivity contribution >= 4 is 11.9 Å². The van der Waals surface area contributed by atoms with Gasteiger partial charge in [0.15, 0.2) is 17.3 Å². The molecule has 0 N–H and O–H groups in total. The lowest BCUT2D eigenvalue weighted by Crippen LogP contribution is -2.43. The molecule has 8 nitrogen and oxygen atoms in total. The minimum absolute atomic E-state index is 0.124. The maximum Gasteiger partial charge on any atom is 0.231 e. The van der Waals surface area contributed by atoms with Crippen LogP contribution in [-0.4, -0.2) is 75.9 Å². The Kier molecular flexibility index (Phi) is 6.45. The van der Waals surface area contributed by atoms with Crippen LogP contribution in [-0.2, 0) is 11.3 Å². The number of ketones is 1. The topological polar surface area (TPSA) is 69.7 Å². The lowest BCUT2D eigenvalue weighted by Gasteiger charge is -2.33. The molecule has 8 heteroatoms. The second-order valence-corrected chi connectivity index (χ2v) is 8.70. The number of fused-ring (bicyclic) bond motifs is 2. The van der Waals surface area contributed by atoms with Crippen LogP contribution in [0.1, 0.15) is 27.0 Å². The van der Waals surface area contributed by atoms with Crippen LogP contribution in [0, 0.1) is 6.92 Å². The number of nitrogens with zero attached hydrogens (tertiary/aromatic N) is 2. The SMILES string of the molecule is COc1ccc(/C=C2/Oc3c(cc4c(c3C)OCN(CCN3CCOCC3)C4)C2=O)cc1OC. The quantitative estimate of drug-likeness (QED) is 0.602. The van der Waals surface area contributed by atoms with Gasteiger partial charge in [0.1, 0.15) is 18.2 Å². The number of morpholine rings is 1. The van der Waals surface area contributed by atoms with Crippen molar-refractivity contribution in [1.82, 2.24) is 9.80 Å². The van der Waals surface area contributed by atoms with Crippen LogP contribution in [0.5, 0.6) is 23.0 Å². The summed E-state index contributed by atoms with van der Waals surface area (Å²) in [5.41, 5.74) is 3.27. The number of carbonyl (C=O) groups excluding carboxylic acids is 1. The summed E-state index contributed by atoms with van der Waals surface area (Å²) in [6.07, 6.45) is 1.73. The Hall–Kier alpha value is -3.07. The number of hydrogen-bond donors (Lipinski definition) is 0. The van der Waals surface area contributed by atoms with E-state index in [1.54, 1.807) is 26.4 Å². The maximum atomic E-state index is 13.2. The summed E-state index contributed by atoms with van der Waals surface area (Å²) in [6.45, 7) is 8.65. The van der Waals surface area contributed by atoms with Gasteiger partial charge in [-0.2, -0.15) is 0 Å². The first-order valence-electron chi connectivity index (χ1n) is 11.6. The van der Waals surface area contributed by atoms with Gasteiger partial charge in [-0.05, 0) is 36.8 Å². The van der Waals surface area contributed by atoms with Gasteiger partial charge in [0.25, 0.3) is 0 Å². The monoisotopic (exact) mass is 466 g/mol. The molecule has 5 rings (SSSR count). The van der Waals surface area contributed by atoms with E-state index in [-0.39, 0.29) is 11.5 Å². The van der Waals surface area contributed by atoms with Gasteiger partial charge in [0.2, 0.25) is 5.78 Å². The van der Waals surface area contributed by atoms with Crippen LogP contribution in [0.15, 0.2) is 30.0 Å². The molecule has 1 fully saturated rings. The van der Waals surface area contributed by atoms with Gasteiger partial charge in [0, 0.05) is 43.9 Å². The number of carbonyl (C=O) groups is 1. The average Bonchev–Trinajstić information content (AvgIpc) is 3.18. The average molecular weight is 467 g/mol. The molecule has 0 bridgehead atoms. The van der Waals surface area contributed by atoms with Gasteiger partial charge in [-0.25, -0.2) is 0 Å². The molecule has 0 atom stereocenters. The number of methoxy groups -OCH3 is 2. The van der Waals surface area contributed by atoms with Gasteiger partial charge in [-0.3, -0.25) is 14.6 Å². The first-order chi connectivity index (χ1) is 16.6. The normalized spacial score (nSPS) is 19.4. The van der Waals surface area contributed by atoms with E-state index in [1.165, 1.54) is 0 Å². The van der Waals surface area contributed by atoms with E-state index in [4.69, 9.17) is 23.7 Å². The van der Waals surface area contributed by atoms with Crippen molar-refractivity contribution in [3.8, 4) is 23.0 Å². The molecule has 0 aliphatic carbocycles. The van der Waals surface area contributed by atoms with Crippen LogP contribution >= 0.6 is 0 Å². The molecule has 0 aromatic heterocycles. The largest absolute Gasteiger partial charge is 0.493 e. The second-order valence-electron chi connectivity index (χ2n) is 8.70. The van der Waals surface area contributed by atoms with E-state index in [9.17, 15) is 4.79 Å². The molecule has 34 heavy (non-hydrogen) atoms. The third kappa shape index (κ3) is 4.36. The number of Topliss-reactive ketones (excluding diaryl/α,β-unsaturated/α-hetero) is 1. The highest BCUT2D eigenvalue weighted by Crippen LogP contribution is 2.43. The summed E-state index contributed by atoms with van der Waals surface area (Å²) in [4.78, 5) is 17.9. The minimum Gasteiger partial charge on any atom is -0.493 e. The Balaban J connectivity index is 1.34. The maximum absolute atomic E-state index is 13.2. The summed E-state index contributed by atoms with van der Waals surface area (Å²) < 4.78 is 28.3. The molecule has 0 amide bonds. The summed E-state index contributed by atoms with van der Waals surface area (Å²) in [6, 6.07) is 7.41. The Morgan fingerprint density at radius 1 is 1.00 bits per heavy atom. The molecule has 180 valence electrons. The van der Waals surface area contributed by atoms with E-state index >= 15 is 0 Å². The third-order valence-electron chi connectivity index (χ3n) is 6.54. The highest BCUT2D eigenvalue weighted by atomic mass is 16.5. The Bertz CT molecular complexity index is 1120. The molecule has 3 aliphatic rings. The lowest BCUT2D eigenvalue weighted by molar-refractivity contribution is 0.0239. The molecule has 2 aromatic carbocycles. The van der Waals surface area contributed by atoms with Crippen LogP contribution < -0.4 is 18.9 Å². The standard InChI is InChI=1S/C26H30N2O6/c1-17-25-19(15-28(16-33-25)7-6-27-8-10-32-11-9-27)14-20-24(29)23(34-26(17)20)13-18-4-5-21(30-2)22(12-18)31-3/h4-5,12-14H,6-11,15-16H2,1-3H3/b23-13+. The summed E-state index contributed by atoms with van der Waals surface area (Å²) in [7, 11) is 3.17. The molecule has 3 aliphatic heterocycles. The fourth-order valence-corrected chi connectivity index (χ4v) is 4.64. The van der Waals surface area contributed by atoms with Gasteiger partial charge in [-0.15, -0.1) is 0 Å². The molecule has 0 saturated carbocycles. The van der Waals surface area contributed by atoms with Gasteiger partial charge in [-0.1, -0.05) is 6.07 Å². The van der Waals surface area contributed by atoms with Crippen molar-refractivity contribution in [2.75, 3.05) is 60.3 Å². The van der Waals surface area contributed by atoms with E-state index < -0.39 is 0 Å². The van der Waals surface area contributed by atoms with E-state index in [2.05, 4.69) is 9.80 Å². The zero-order chi connectivity index (χ0) is 23.7. The first kappa shape index (κ1) is 22.7. The predicted molar refractivity (Wildman–Crippen MR) is 127 cm³/mol. The molecule has 0 radical (unpaired) electrons. The van der Waals surface area contributed by atoms with Gasteiger partial charge < -0.3 is 23.7 Å². The molecular weight excluding hydrogens is 436 g/mol. The van der Waals surface area contributed by atoms with Crippen LogP contribution in [0.2, 0.25) is 0 Å². The van der Waals surface area contributed by atoms with Crippen LogP contribution in [0.4, 0.5) is 0 Å². The molecular formula is C26H30N2O6. The molecule has 2 aromatic rings. The fraction of sp³-hybridized carbons (Fsp3) is 0.423. The van der Waals surface area contributed by atoms with E-state index in [1.807, 2.05) is 25.1 Å². The number of ether oxygens (including phenoxy) is 5. The number of benzene rings is 2. The summed E-state index contributed by atoms with van der Waals surface area (Å²) in [5, 5.41) is 0. The molecule has 0 spiro atoms. The molecule has 0 unspecified atom stereocenters. The van der Waals surface area contributed by atoms with Crippen molar-refractivity contribution in [2.45, 2.75) is 13.5 Å². The van der Waals surface area contributed by atoms with Gasteiger partial charge >= 0.3 is 0 Å². The highest BCUT2D eigenvalue weighted by Gasteiger charge is 2.33. The lowest BCUT2D eigenvalue weighted by atomic mass is 10.00. The minimum atomic E-state index is -0.124.